The van der Waals surface area contributed by atoms with Gasteiger partial charge in [-0.15, -0.1) is 0 Å². The fourth-order valence-corrected chi connectivity index (χ4v) is 2.32. The molecule has 2 aromatic heterocycles. The van der Waals surface area contributed by atoms with Gasteiger partial charge in [0, 0.05) is 12.6 Å². The summed E-state index contributed by atoms with van der Waals surface area (Å²) in [6, 6.07) is 4.27. The topological polar surface area (TPSA) is 29.3 Å². The minimum Gasteiger partial charge on any atom is -0.320 e. The third-order valence-corrected chi connectivity index (χ3v) is 3.24. The molecule has 0 radical (unpaired) electrons. The molecule has 0 aliphatic heterocycles. The molecule has 16 heavy (non-hydrogen) atoms. The van der Waals surface area contributed by atoms with Crippen LogP contribution in [-0.4, -0.2) is 23.0 Å². The number of halogens is 1. The average molecular weight is 282 g/mol. The molecule has 3 nitrogen and oxygen atoms in total. The molecule has 0 saturated heterocycles. The second-order valence-electron chi connectivity index (χ2n) is 3.99. The van der Waals surface area contributed by atoms with Crippen molar-refractivity contribution in [3.63, 3.8) is 0 Å². The molecule has 0 aliphatic rings. The van der Waals surface area contributed by atoms with Gasteiger partial charge in [-0.25, -0.2) is 4.98 Å². The lowest BCUT2D eigenvalue weighted by atomic mass is 10.2. The third kappa shape index (κ3) is 2.28. The number of aromatic nitrogens is 2. The highest BCUT2D eigenvalue weighted by Crippen LogP contribution is 2.20. The van der Waals surface area contributed by atoms with Crippen LogP contribution in [-0.2, 0) is 6.42 Å². The van der Waals surface area contributed by atoms with E-state index in [1.807, 2.05) is 7.05 Å². The van der Waals surface area contributed by atoms with Gasteiger partial charge >= 0.3 is 0 Å². The van der Waals surface area contributed by atoms with Gasteiger partial charge in [0.1, 0.15) is 10.4 Å². The van der Waals surface area contributed by atoms with E-state index in [0.29, 0.717) is 0 Å². The Kier molecular flexibility index (Phi) is 3.61. The number of pyridine rings is 1. The van der Waals surface area contributed by atoms with Gasteiger partial charge in [0.05, 0.1) is 5.52 Å². The maximum atomic E-state index is 4.55. The molecule has 2 aromatic rings. The summed E-state index contributed by atoms with van der Waals surface area (Å²) in [6.07, 6.45) is 4.20. The zero-order chi connectivity index (χ0) is 11.5. The lowest BCUT2D eigenvalue weighted by Gasteiger charge is -2.01. The fourth-order valence-electron chi connectivity index (χ4n) is 1.81. The number of hydrogen-bond acceptors (Lipinski definition) is 2. The Hall–Kier alpha value is -0.870. The van der Waals surface area contributed by atoms with Crippen LogP contribution in [0.15, 0.2) is 22.9 Å². The number of imidazole rings is 1. The van der Waals surface area contributed by atoms with Gasteiger partial charge in [-0.2, -0.15) is 0 Å². The van der Waals surface area contributed by atoms with Gasteiger partial charge in [0.2, 0.25) is 0 Å². The van der Waals surface area contributed by atoms with Crippen molar-refractivity contribution in [2.24, 2.45) is 0 Å². The molecule has 0 aliphatic carbocycles. The monoisotopic (exact) mass is 281 g/mol. The molecule has 86 valence electrons. The maximum Gasteiger partial charge on any atom is 0.132 e. The van der Waals surface area contributed by atoms with Crippen molar-refractivity contribution in [2.45, 2.75) is 19.8 Å². The highest BCUT2D eigenvalue weighted by Gasteiger charge is 2.08. The van der Waals surface area contributed by atoms with E-state index in [0.717, 1.165) is 35.3 Å². The molecule has 0 bridgehead atoms. The van der Waals surface area contributed by atoms with Crippen LogP contribution in [0.5, 0.6) is 0 Å². The lowest BCUT2D eigenvalue weighted by molar-refractivity contribution is 0.700. The Morgan fingerprint density at radius 2 is 2.31 bits per heavy atom. The smallest absolute Gasteiger partial charge is 0.132 e. The standard InChI is InChI=1S/C12H16BrN3/c1-9-5-7-16-10(8-9)12(13)15-11(16)4-3-6-14-2/h5,7-8,14H,3-4,6H2,1-2H3. The minimum absolute atomic E-state index is 0.940. The number of hydrogen-bond donors (Lipinski definition) is 1. The average Bonchev–Trinajstić information content (AvgIpc) is 2.56. The summed E-state index contributed by atoms with van der Waals surface area (Å²) in [6.45, 7) is 3.12. The highest BCUT2D eigenvalue weighted by molar-refractivity contribution is 9.10. The minimum atomic E-state index is 0.940. The van der Waals surface area contributed by atoms with Crippen LogP contribution in [0.25, 0.3) is 5.52 Å². The third-order valence-electron chi connectivity index (χ3n) is 2.65. The summed E-state index contributed by atoms with van der Waals surface area (Å²) in [4.78, 5) is 4.55. The number of fused-ring (bicyclic) bond motifs is 1. The summed E-state index contributed by atoms with van der Waals surface area (Å²) in [5.41, 5.74) is 2.41. The first kappa shape index (κ1) is 11.6. The highest BCUT2D eigenvalue weighted by atomic mass is 79.9. The second kappa shape index (κ2) is 4.97. The van der Waals surface area contributed by atoms with Crippen molar-refractivity contribution >= 4 is 21.4 Å². The van der Waals surface area contributed by atoms with Crippen LogP contribution < -0.4 is 5.32 Å². The Labute approximate surface area is 104 Å². The summed E-state index contributed by atoms with van der Waals surface area (Å²) in [5, 5.41) is 3.15. The van der Waals surface area contributed by atoms with E-state index in [4.69, 9.17) is 0 Å². The molecule has 0 amide bonds. The first-order valence-electron chi connectivity index (χ1n) is 5.50. The molecule has 0 unspecified atom stereocenters. The van der Waals surface area contributed by atoms with Crippen LogP contribution in [0.3, 0.4) is 0 Å². The first-order valence-corrected chi connectivity index (χ1v) is 6.29. The number of aryl methyl sites for hydroxylation is 2. The lowest BCUT2D eigenvalue weighted by Crippen LogP contribution is -2.09. The molecule has 0 saturated carbocycles. The Bertz CT molecular complexity index is 490. The number of rotatable bonds is 4. The van der Waals surface area contributed by atoms with E-state index in [1.54, 1.807) is 0 Å². The van der Waals surface area contributed by atoms with E-state index in [9.17, 15) is 0 Å². The fraction of sp³-hybridized carbons (Fsp3) is 0.417. The molecule has 2 rings (SSSR count). The summed E-state index contributed by atoms with van der Waals surface area (Å²) >= 11 is 3.51. The normalized spacial score (nSPS) is 11.2. The Morgan fingerprint density at radius 3 is 3.06 bits per heavy atom. The molecular weight excluding hydrogens is 266 g/mol. The predicted molar refractivity (Wildman–Crippen MR) is 69.9 cm³/mol. The van der Waals surface area contributed by atoms with Crippen molar-refractivity contribution in [3.05, 3.63) is 34.3 Å². The van der Waals surface area contributed by atoms with E-state index < -0.39 is 0 Å². The van der Waals surface area contributed by atoms with Gasteiger partial charge < -0.3 is 9.72 Å². The largest absolute Gasteiger partial charge is 0.320 e. The van der Waals surface area contributed by atoms with Crippen LogP contribution in [0, 0.1) is 6.92 Å². The van der Waals surface area contributed by atoms with E-state index in [2.05, 4.69) is 55.9 Å². The second-order valence-corrected chi connectivity index (χ2v) is 4.74. The van der Waals surface area contributed by atoms with Crippen molar-refractivity contribution in [1.82, 2.24) is 14.7 Å². The number of nitrogens with one attached hydrogen (secondary N) is 1. The summed E-state index contributed by atoms with van der Waals surface area (Å²) in [5.74, 6) is 1.12. The van der Waals surface area contributed by atoms with Gasteiger partial charge in [-0.05, 0) is 60.6 Å². The van der Waals surface area contributed by atoms with Crippen LogP contribution in [0.4, 0.5) is 0 Å². The zero-order valence-electron chi connectivity index (χ0n) is 9.63. The Balaban J connectivity index is 2.32. The maximum absolute atomic E-state index is 4.55. The van der Waals surface area contributed by atoms with Gasteiger partial charge in [-0.1, -0.05) is 0 Å². The van der Waals surface area contributed by atoms with Gasteiger partial charge in [-0.3, -0.25) is 0 Å². The van der Waals surface area contributed by atoms with Crippen LogP contribution in [0.1, 0.15) is 17.8 Å². The number of nitrogens with zero attached hydrogens (tertiary/aromatic N) is 2. The van der Waals surface area contributed by atoms with Crippen LogP contribution >= 0.6 is 15.9 Å². The molecule has 0 aromatic carbocycles. The van der Waals surface area contributed by atoms with Crippen molar-refractivity contribution in [2.75, 3.05) is 13.6 Å². The molecule has 2 heterocycles. The van der Waals surface area contributed by atoms with Gasteiger partial charge in [0.15, 0.2) is 0 Å². The molecule has 0 atom stereocenters. The van der Waals surface area contributed by atoms with E-state index >= 15 is 0 Å². The summed E-state index contributed by atoms with van der Waals surface area (Å²) in [7, 11) is 1.98. The Morgan fingerprint density at radius 1 is 1.50 bits per heavy atom. The van der Waals surface area contributed by atoms with Crippen molar-refractivity contribution in [1.29, 1.82) is 0 Å². The molecule has 1 N–H and O–H groups in total. The SMILES string of the molecule is CNCCCc1nc(Br)c2cc(C)ccn12. The van der Waals surface area contributed by atoms with Crippen molar-refractivity contribution < 1.29 is 0 Å². The molecule has 4 heteroatoms. The van der Waals surface area contributed by atoms with E-state index in [1.165, 1.54) is 5.56 Å². The van der Waals surface area contributed by atoms with Gasteiger partial charge in [0.25, 0.3) is 0 Å². The molecule has 0 spiro atoms. The first-order chi connectivity index (χ1) is 7.72. The summed E-state index contributed by atoms with van der Waals surface area (Å²) < 4.78 is 3.10. The van der Waals surface area contributed by atoms with Crippen molar-refractivity contribution in [3.8, 4) is 0 Å². The molecular formula is C12H16BrN3. The zero-order valence-corrected chi connectivity index (χ0v) is 11.2. The quantitative estimate of drug-likeness (QED) is 0.873. The van der Waals surface area contributed by atoms with Crippen LogP contribution in [0.2, 0.25) is 0 Å². The predicted octanol–water partition coefficient (Wildman–Crippen LogP) is 2.56. The molecule has 0 fully saturated rings. The van der Waals surface area contributed by atoms with E-state index in [-0.39, 0.29) is 0 Å².